The maximum atomic E-state index is 11.3. The molecule has 0 saturated carbocycles. The van der Waals surface area contributed by atoms with Crippen LogP contribution in [0.5, 0.6) is 0 Å². The highest BCUT2D eigenvalue weighted by molar-refractivity contribution is 5.21. The lowest BCUT2D eigenvalue weighted by atomic mass is 9.97. The topological polar surface area (TPSA) is 55.2 Å². The Balaban J connectivity index is 2.18. The van der Waals surface area contributed by atoms with E-state index in [9.17, 15) is 10.1 Å². The highest BCUT2D eigenvalue weighted by Gasteiger charge is 2.30. The molecule has 0 heterocycles. The van der Waals surface area contributed by atoms with Crippen molar-refractivity contribution < 1.29 is 4.92 Å². The Morgan fingerprint density at radius 3 is 2.14 bits per heavy atom. The molecule has 2 aromatic rings. The van der Waals surface area contributed by atoms with Gasteiger partial charge in [-0.1, -0.05) is 67.6 Å². The fourth-order valence-electron chi connectivity index (χ4n) is 2.47. The molecule has 2 atom stereocenters. The van der Waals surface area contributed by atoms with Gasteiger partial charge in [0.15, 0.2) is 0 Å². The molecule has 0 fully saturated rings. The van der Waals surface area contributed by atoms with Crippen molar-refractivity contribution in [3.05, 3.63) is 81.9 Å². The quantitative estimate of drug-likeness (QED) is 0.624. The van der Waals surface area contributed by atoms with Crippen LogP contribution in [-0.4, -0.2) is 11.0 Å². The zero-order chi connectivity index (χ0) is 15.1. The molecule has 21 heavy (non-hydrogen) atoms. The minimum Gasteiger partial charge on any atom is -0.300 e. The SMILES string of the molecule is CC[C@H]([C@@H](NCc1ccccc1)c1ccccc1)[N+](=O)[O-]. The first-order valence-corrected chi connectivity index (χ1v) is 7.18. The Morgan fingerprint density at radius 1 is 1.05 bits per heavy atom. The van der Waals surface area contributed by atoms with E-state index in [0.29, 0.717) is 13.0 Å². The van der Waals surface area contributed by atoms with Gasteiger partial charge in [-0.2, -0.15) is 0 Å². The third-order valence-electron chi connectivity index (χ3n) is 3.60. The lowest BCUT2D eigenvalue weighted by molar-refractivity contribution is -0.528. The van der Waals surface area contributed by atoms with Crippen LogP contribution in [0.1, 0.15) is 30.5 Å². The summed E-state index contributed by atoms with van der Waals surface area (Å²) in [6, 6.07) is 18.7. The summed E-state index contributed by atoms with van der Waals surface area (Å²) in [6.07, 6.45) is 0.494. The van der Waals surface area contributed by atoms with Crippen LogP contribution in [0, 0.1) is 10.1 Å². The van der Waals surface area contributed by atoms with Crippen molar-refractivity contribution in [2.24, 2.45) is 0 Å². The van der Waals surface area contributed by atoms with Gasteiger partial charge >= 0.3 is 0 Å². The summed E-state index contributed by atoms with van der Waals surface area (Å²) in [7, 11) is 0. The highest BCUT2D eigenvalue weighted by Crippen LogP contribution is 2.21. The number of benzene rings is 2. The van der Waals surface area contributed by atoms with Crippen molar-refractivity contribution in [3.8, 4) is 0 Å². The summed E-state index contributed by atoms with van der Waals surface area (Å²) in [5, 5.41) is 14.7. The van der Waals surface area contributed by atoms with Crippen molar-refractivity contribution >= 4 is 0 Å². The van der Waals surface area contributed by atoms with Gasteiger partial charge in [0, 0.05) is 17.9 Å². The monoisotopic (exact) mass is 284 g/mol. The minimum absolute atomic E-state index is 0.185. The molecule has 4 nitrogen and oxygen atoms in total. The number of hydrogen-bond donors (Lipinski definition) is 1. The van der Waals surface area contributed by atoms with E-state index in [1.54, 1.807) is 0 Å². The Labute approximate surface area is 125 Å². The van der Waals surface area contributed by atoms with Gasteiger partial charge < -0.3 is 5.32 Å². The van der Waals surface area contributed by atoms with Gasteiger partial charge in [-0.25, -0.2) is 0 Å². The van der Waals surface area contributed by atoms with E-state index in [-0.39, 0.29) is 11.0 Å². The summed E-state index contributed by atoms with van der Waals surface area (Å²) >= 11 is 0. The molecule has 0 bridgehead atoms. The average molecular weight is 284 g/mol. The van der Waals surface area contributed by atoms with Crippen molar-refractivity contribution in [2.45, 2.75) is 32.0 Å². The zero-order valence-corrected chi connectivity index (χ0v) is 12.1. The van der Waals surface area contributed by atoms with E-state index in [2.05, 4.69) is 5.32 Å². The zero-order valence-electron chi connectivity index (χ0n) is 12.1. The van der Waals surface area contributed by atoms with Crippen LogP contribution in [-0.2, 0) is 6.54 Å². The van der Waals surface area contributed by atoms with Crippen molar-refractivity contribution in [1.29, 1.82) is 0 Å². The van der Waals surface area contributed by atoms with Crippen LogP contribution in [0.4, 0.5) is 0 Å². The molecule has 2 rings (SSSR count). The third kappa shape index (κ3) is 4.13. The lowest BCUT2D eigenvalue weighted by Gasteiger charge is -2.22. The predicted molar refractivity (Wildman–Crippen MR) is 83.5 cm³/mol. The maximum absolute atomic E-state index is 11.3. The molecule has 0 aliphatic rings. The van der Waals surface area contributed by atoms with Gasteiger partial charge in [-0.15, -0.1) is 0 Å². The van der Waals surface area contributed by atoms with E-state index in [0.717, 1.165) is 11.1 Å². The van der Waals surface area contributed by atoms with E-state index in [1.807, 2.05) is 67.6 Å². The number of nitrogens with one attached hydrogen (secondary N) is 1. The van der Waals surface area contributed by atoms with Gasteiger partial charge in [0.2, 0.25) is 6.04 Å². The number of rotatable bonds is 7. The molecule has 0 unspecified atom stereocenters. The largest absolute Gasteiger partial charge is 0.300 e. The molecule has 0 aliphatic heterocycles. The normalized spacial score (nSPS) is 13.6. The van der Waals surface area contributed by atoms with Gasteiger partial charge in [-0.05, 0) is 11.1 Å². The second kappa shape index (κ2) is 7.55. The minimum atomic E-state index is -0.629. The van der Waals surface area contributed by atoms with E-state index in [4.69, 9.17) is 0 Å². The smallest absolute Gasteiger partial charge is 0.232 e. The standard InChI is InChI=1S/C17H20N2O2/c1-2-16(19(20)21)17(15-11-7-4-8-12-15)18-13-14-9-5-3-6-10-14/h3-12,16-18H,2,13H2,1H3/t16-,17+/m1/s1. The van der Waals surface area contributed by atoms with E-state index in [1.165, 1.54) is 0 Å². The molecule has 0 saturated heterocycles. The third-order valence-corrected chi connectivity index (χ3v) is 3.60. The molecule has 0 radical (unpaired) electrons. The average Bonchev–Trinajstić information content (AvgIpc) is 2.53. The predicted octanol–water partition coefficient (Wildman–Crippen LogP) is 3.57. The highest BCUT2D eigenvalue weighted by atomic mass is 16.6. The molecule has 0 spiro atoms. The van der Waals surface area contributed by atoms with Crippen LogP contribution in [0.2, 0.25) is 0 Å². The second-order valence-corrected chi connectivity index (χ2v) is 5.02. The fraction of sp³-hybridized carbons (Fsp3) is 0.294. The summed E-state index contributed by atoms with van der Waals surface area (Å²) in [4.78, 5) is 11.1. The molecule has 0 aromatic heterocycles. The second-order valence-electron chi connectivity index (χ2n) is 5.02. The van der Waals surface area contributed by atoms with Gasteiger partial charge in [-0.3, -0.25) is 10.1 Å². The van der Waals surface area contributed by atoms with Gasteiger partial charge in [0.25, 0.3) is 0 Å². The summed E-state index contributed by atoms with van der Waals surface area (Å²) in [6.45, 7) is 2.47. The Kier molecular flexibility index (Phi) is 5.46. The molecule has 4 heteroatoms. The fourth-order valence-corrected chi connectivity index (χ4v) is 2.47. The molecule has 0 aliphatic carbocycles. The van der Waals surface area contributed by atoms with Crippen molar-refractivity contribution in [3.63, 3.8) is 0 Å². The van der Waals surface area contributed by atoms with E-state index < -0.39 is 6.04 Å². The molecule has 1 N–H and O–H groups in total. The first-order chi connectivity index (χ1) is 10.2. The van der Waals surface area contributed by atoms with Crippen LogP contribution < -0.4 is 5.32 Å². The van der Waals surface area contributed by atoms with Crippen LogP contribution in [0.3, 0.4) is 0 Å². The number of nitro groups is 1. The molecule has 0 amide bonds. The van der Waals surface area contributed by atoms with Crippen LogP contribution in [0.15, 0.2) is 60.7 Å². The number of nitrogens with zero attached hydrogens (tertiary/aromatic N) is 1. The molecular formula is C17H20N2O2. The molecule has 110 valence electrons. The summed E-state index contributed by atoms with van der Waals surface area (Å²) in [5.74, 6) is 0. The number of hydrogen-bond acceptors (Lipinski definition) is 3. The summed E-state index contributed by atoms with van der Waals surface area (Å²) < 4.78 is 0. The lowest BCUT2D eigenvalue weighted by Crippen LogP contribution is -2.36. The molecule has 2 aromatic carbocycles. The Bertz CT molecular complexity index is 558. The van der Waals surface area contributed by atoms with Gasteiger partial charge in [0.1, 0.15) is 6.04 Å². The summed E-state index contributed by atoms with van der Waals surface area (Å²) in [5.41, 5.74) is 2.08. The Morgan fingerprint density at radius 2 is 1.62 bits per heavy atom. The first-order valence-electron chi connectivity index (χ1n) is 7.18. The van der Waals surface area contributed by atoms with Crippen LogP contribution in [0.25, 0.3) is 0 Å². The Hall–Kier alpha value is -2.20. The van der Waals surface area contributed by atoms with Gasteiger partial charge in [0.05, 0.1) is 0 Å². The van der Waals surface area contributed by atoms with Crippen LogP contribution >= 0.6 is 0 Å². The molecular weight excluding hydrogens is 264 g/mol. The van der Waals surface area contributed by atoms with Crippen molar-refractivity contribution in [2.75, 3.05) is 0 Å². The first kappa shape index (κ1) is 15.2. The maximum Gasteiger partial charge on any atom is 0.232 e. The van der Waals surface area contributed by atoms with Crippen molar-refractivity contribution in [1.82, 2.24) is 5.32 Å². The van der Waals surface area contributed by atoms with E-state index >= 15 is 0 Å².